The van der Waals surface area contributed by atoms with Gasteiger partial charge in [-0.2, -0.15) is 0 Å². The maximum atomic E-state index is 11.1. The molecule has 13 heavy (non-hydrogen) atoms. The molecule has 4 heteroatoms. The predicted octanol–water partition coefficient (Wildman–Crippen LogP) is 0.951. The van der Waals surface area contributed by atoms with Crippen molar-refractivity contribution in [3.05, 3.63) is 40.1 Å². The summed E-state index contributed by atoms with van der Waals surface area (Å²) in [5.74, 6) is -0.402. The SMILES string of the molecule is C/C(=N/O)c1ccccc(=O)c1O. The van der Waals surface area contributed by atoms with Gasteiger partial charge in [0.25, 0.3) is 0 Å². The first-order valence-corrected chi connectivity index (χ1v) is 3.68. The third-order valence-electron chi connectivity index (χ3n) is 1.65. The van der Waals surface area contributed by atoms with Gasteiger partial charge in [-0.1, -0.05) is 17.3 Å². The lowest BCUT2D eigenvalue weighted by Crippen LogP contribution is -2.01. The van der Waals surface area contributed by atoms with E-state index in [4.69, 9.17) is 5.21 Å². The number of rotatable bonds is 1. The van der Waals surface area contributed by atoms with E-state index in [1.807, 2.05) is 0 Å². The quantitative estimate of drug-likeness (QED) is 0.383. The second-order valence-corrected chi connectivity index (χ2v) is 2.53. The Hall–Kier alpha value is -1.84. The van der Waals surface area contributed by atoms with E-state index in [-0.39, 0.29) is 11.3 Å². The van der Waals surface area contributed by atoms with Crippen molar-refractivity contribution in [2.45, 2.75) is 6.92 Å². The van der Waals surface area contributed by atoms with Crippen LogP contribution in [-0.4, -0.2) is 16.0 Å². The highest BCUT2D eigenvalue weighted by molar-refractivity contribution is 6.00. The molecule has 0 atom stereocenters. The summed E-state index contributed by atoms with van der Waals surface area (Å²) >= 11 is 0. The van der Waals surface area contributed by atoms with Crippen LogP contribution >= 0.6 is 0 Å². The van der Waals surface area contributed by atoms with Crippen LogP contribution in [0.1, 0.15) is 12.5 Å². The highest BCUT2D eigenvalue weighted by Gasteiger charge is 2.05. The van der Waals surface area contributed by atoms with Crippen LogP contribution in [0.2, 0.25) is 0 Å². The lowest BCUT2D eigenvalue weighted by atomic mass is 10.2. The molecule has 0 heterocycles. The number of nitrogens with zero attached hydrogens (tertiary/aromatic N) is 1. The van der Waals surface area contributed by atoms with Gasteiger partial charge >= 0.3 is 0 Å². The minimum atomic E-state index is -0.497. The molecule has 0 spiro atoms. The predicted molar refractivity (Wildman–Crippen MR) is 48.4 cm³/mol. The van der Waals surface area contributed by atoms with Crippen LogP contribution in [0.3, 0.4) is 0 Å². The second kappa shape index (κ2) is 3.71. The zero-order chi connectivity index (χ0) is 9.84. The Morgan fingerprint density at radius 1 is 1.38 bits per heavy atom. The summed E-state index contributed by atoms with van der Waals surface area (Å²) in [4.78, 5) is 11.1. The van der Waals surface area contributed by atoms with E-state index < -0.39 is 11.2 Å². The van der Waals surface area contributed by atoms with E-state index >= 15 is 0 Å². The van der Waals surface area contributed by atoms with Gasteiger partial charge in [0.1, 0.15) is 0 Å². The first-order valence-electron chi connectivity index (χ1n) is 3.68. The van der Waals surface area contributed by atoms with Crippen molar-refractivity contribution in [1.29, 1.82) is 0 Å². The smallest absolute Gasteiger partial charge is 0.220 e. The van der Waals surface area contributed by atoms with Gasteiger partial charge in [0.15, 0.2) is 5.75 Å². The van der Waals surface area contributed by atoms with Crippen LogP contribution in [0.15, 0.2) is 34.2 Å². The molecule has 0 fully saturated rings. The third kappa shape index (κ3) is 1.84. The molecule has 0 bridgehead atoms. The number of hydrogen-bond acceptors (Lipinski definition) is 4. The van der Waals surface area contributed by atoms with Gasteiger partial charge in [-0.3, -0.25) is 4.79 Å². The van der Waals surface area contributed by atoms with Crippen molar-refractivity contribution >= 4 is 5.71 Å². The highest BCUT2D eigenvalue weighted by Crippen LogP contribution is 2.10. The fourth-order valence-corrected chi connectivity index (χ4v) is 0.931. The van der Waals surface area contributed by atoms with Crippen LogP contribution in [0.4, 0.5) is 0 Å². The normalized spacial score (nSPS) is 11.3. The van der Waals surface area contributed by atoms with Crippen LogP contribution in [-0.2, 0) is 0 Å². The fraction of sp³-hybridized carbons (Fsp3) is 0.111. The van der Waals surface area contributed by atoms with E-state index in [0.717, 1.165) is 0 Å². The summed E-state index contributed by atoms with van der Waals surface area (Å²) in [6, 6.07) is 5.84. The first kappa shape index (κ1) is 9.25. The lowest BCUT2D eigenvalue weighted by molar-refractivity contribution is 0.318. The first-order chi connectivity index (χ1) is 6.16. The van der Waals surface area contributed by atoms with Crippen molar-refractivity contribution in [1.82, 2.24) is 0 Å². The molecule has 4 nitrogen and oxygen atoms in total. The average molecular weight is 179 g/mol. The fourth-order valence-electron chi connectivity index (χ4n) is 0.931. The van der Waals surface area contributed by atoms with Crippen LogP contribution in [0.25, 0.3) is 0 Å². The van der Waals surface area contributed by atoms with Gasteiger partial charge in [0.05, 0.1) is 5.71 Å². The molecule has 0 saturated carbocycles. The Kier molecular flexibility index (Phi) is 2.64. The number of aromatic hydroxyl groups is 1. The number of oxime groups is 1. The molecular formula is C9H9NO3. The molecule has 0 unspecified atom stereocenters. The van der Waals surface area contributed by atoms with Gasteiger partial charge in [-0.25, -0.2) is 0 Å². The summed E-state index contributed by atoms with van der Waals surface area (Å²) in [5, 5.41) is 20.7. The minimum absolute atomic E-state index is 0.200. The monoisotopic (exact) mass is 179 g/mol. The van der Waals surface area contributed by atoms with Crippen molar-refractivity contribution in [2.24, 2.45) is 5.16 Å². The molecule has 0 aliphatic carbocycles. The van der Waals surface area contributed by atoms with Crippen molar-refractivity contribution in [2.75, 3.05) is 0 Å². The molecule has 1 rings (SSSR count). The van der Waals surface area contributed by atoms with Gasteiger partial charge in [-0.05, 0) is 19.1 Å². The zero-order valence-corrected chi connectivity index (χ0v) is 7.06. The zero-order valence-electron chi connectivity index (χ0n) is 7.06. The molecule has 0 aliphatic rings. The second-order valence-electron chi connectivity index (χ2n) is 2.53. The van der Waals surface area contributed by atoms with Crippen molar-refractivity contribution < 1.29 is 10.3 Å². The molecule has 0 aliphatic heterocycles. The summed E-state index contributed by atoms with van der Waals surface area (Å²) in [6.45, 7) is 1.49. The van der Waals surface area contributed by atoms with E-state index in [1.165, 1.54) is 25.1 Å². The molecule has 1 aromatic carbocycles. The summed E-state index contributed by atoms with van der Waals surface area (Å²) in [5.41, 5.74) is -0.0636. The Bertz CT molecular complexity index is 398. The van der Waals surface area contributed by atoms with Crippen molar-refractivity contribution in [3.8, 4) is 5.75 Å². The van der Waals surface area contributed by atoms with E-state index in [1.54, 1.807) is 6.07 Å². The summed E-state index contributed by atoms with van der Waals surface area (Å²) in [7, 11) is 0. The molecule has 1 aromatic rings. The third-order valence-corrected chi connectivity index (χ3v) is 1.65. The molecule has 2 N–H and O–H groups in total. The maximum absolute atomic E-state index is 11.1. The molecule has 68 valence electrons. The Labute approximate surface area is 74.8 Å². The van der Waals surface area contributed by atoms with Crippen LogP contribution in [0, 0.1) is 0 Å². The summed E-state index contributed by atoms with van der Waals surface area (Å²) < 4.78 is 0. The van der Waals surface area contributed by atoms with Gasteiger partial charge in [0, 0.05) is 5.56 Å². The molecular weight excluding hydrogens is 170 g/mol. The number of hydrogen-bond donors (Lipinski definition) is 2. The van der Waals surface area contributed by atoms with Crippen LogP contribution in [0.5, 0.6) is 5.75 Å². The average Bonchev–Trinajstić information content (AvgIpc) is 2.29. The maximum Gasteiger partial charge on any atom is 0.220 e. The summed E-state index contributed by atoms with van der Waals surface area (Å²) in [6.07, 6.45) is 0. The molecule has 0 aromatic heterocycles. The van der Waals surface area contributed by atoms with Gasteiger partial charge in [-0.15, -0.1) is 0 Å². The molecule has 0 saturated heterocycles. The van der Waals surface area contributed by atoms with E-state index in [9.17, 15) is 9.90 Å². The Balaban J connectivity index is 3.50. The van der Waals surface area contributed by atoms with Gasteiger partial charge in [0.2, 0.25) is 5.43 Å². The van der Waals surface area contributed by atoms with E-state index in [0.29, 0.717) is 0 Å². The Morgan fingerprint density at radius 2 is 2.00 bits per heavy atom. The largest absolute Gasteiger partial charge is 0.504 e. The van der Waals surface area contributed by atoms with Gasteiger partial charge < -0.3 is 10.3 Å². The topological polar surface area (TPSA) is 69.9 Å². The molecule has 0 amide bonds. The molecule has 0 radical (unpaired) electrons. The lowest BCUT2D eigenvalue weighted by Gasteiger charge is -1.95. The van der Waals surface area contributed by atoms with E-state index in [2.05, 4.69) is 5.16 Å². The van der Waals surface area contributed by atoms with Crippen LogP contribution < -0.4 is 5.43 Å². The van der Waals surface area contributed by atoms with Crippen molar-refractivity contribution in [3.63, 3.8) is 0 Å². The minimum Gasteiger partial charge on any atom is -0.504 e. The standard InChI is InChI=1S/C9H9NO3/c1-6(10-13)7-4-2-3-5-8(11)9(7)12/h2-5,13H,1H3,(H,11,12)/b10-6-. The highest BCUT2D eigenvalue weighted by atomic mass is 16.4. The Morgan fingerprint density at radius 3 is 2.62 bits per heavy atom.